The molecule has 0 saturated heterocycles. The van der Waals surface area contributed by atoms with Gasteiger partial charge in [-0.1, -0.05) is 65.9 Å². The second-order valence-corrected chi connectivity index (χ2v) is 13.0. The Morgan fingerprint density at radius 3 is 2.64 bits per heavy atom. The van der Waals surface area contributed by atoms with E-state index in [0.29, 0.717) is 26.4 Å². The first-order chi connectivity index (χ1) is 21.9. The molecule has 6 nitrogen and oxygen atoms in total. The molecular formula is C36H28FIN2O4S. The molecular weight excluding hydrogens is 702 g/mol. The van der Waals surface area contributed by atoms with Crippen molar-refractivity contribution in [2.24, 2.45) is 4.99 Å². The number of methoxy groups -OCH3 is 2. The lowest BCUT2D eigenvalue weighted by atomic mass is 9.83. The Labute approximate surface area is 276 Å². The van der Waals surface area contributed by atoms with Crippen LogP contribution < -0.4 is 29.1 Å². The van der Waals surface area contributed by atoms with Gasteiger partial charge in [0, 0.05) is 11.1 Å². The van der Waals surface area contributed by atoms with Crippen molar-refractivity contribution in [1.82, 2.24) is 4.57 Å². The average molecular weight is 731 g/mol. The molecule has 0 radical (unpaired) electrons. The first-order valence-electron chi connectivity index (χ1n) is 14.5. The van der Waals surface area contributed by atoms with Gasteiger partial charge in [0.05, 0.1) is 34.1 Å². The van der Waals surface area contributed by atoms with Crippen LogP contribution >= 0.6 is 33.9 Å². The molecule has 2 aliphatic rings. The predicted molar refractivity (Wildman–Crippen MR) is 182 cm³/mol. The van der Waals surface area contributed by atoms with Crippen molar-refractivity contribution in [3.63, 3.8) is 0 Å². The Morgan fingerprint density at radius 1 is 1.00 bits per heavy atom. The smallest absolute Gasteiger partial charge is 0.271 e. The fourth-order valence-corrected chi connectivity index (χ4v) is 7.80. The number of rotatable bonds is 7. The summed E-state index contributed by atoms with van der Waals surface area (Å²) in [6.07, 6.45) is 3.57. The highest BCUT2D eigenvalue weighted by molar-refractivity contribution is 14.1. The number of benzene rings is 4. The van der Waals surface area contributed by atoms with Gasteiger partial charge in [-0.2, -0.15) is 0 Å². The van der Waals surface area contributed by atoms with Crippen LogP contribution in [0.2, 0.25) is 0 Å². The van der Waals surface area contributed by atoms with Crippen molar-refractivity contribution in [2.45, 2.75) is 25.5 Å². The zero-order valence-corrected chi connectivity index (χ0v) is 27.5. The van der Waals surface area contributed by atoms with Gasteiger partial charge in [0.2, 0.25) is 0 Å². The maximum Gasteiger partial charge on any atom is 0.271 e. The number of halogens is 2. The standard InChI is InChI=1S/C36H28FIN2O4S/c1-42-25-11-7-10-23(19-25)33-27-15-14-22-8-3-5-12-26(22)32(27)39-36-40(33)35(41)31(45-36)18-21-16-29(38)34(30(17-21)43-2)44-20-24-9-4-6-13-28(24)37/h3-13,16-19,33H,14-15,20H2,1-2H3/b31-18-. The number of aromatic nitrogens is 1. The molecule has 0 spiro atoms. The van der Waals surface area contributed by atoms with Crippen molar-refractivity contribution >= 4 is 45.7 Å². The van der Waals surface area contributed by atoms with Crippen LogP contribution in [-0.2, 0) is 13.0 Å². The van der Waals surface area contributed by atoms with Gasteiger partial charge in [-0.15, -0.1) is 0 Å². The van der Waals surface area contributed by atoms with Gasteiger partial charge in [0.25, 0.3) is 5.56 Å². The fraction of sp³-hybridized carbons (Fsp3) is 0.167. The largest absolute Gasteiger partial charge is 0.497 e. The van der Waals surface area contributed by atoms with E-state index in [-0.39, 0.29) is 24.0 Å². The molecule has 1 atom stereocenters. The van der Waals surface area contributed by atoms with Crippen LogP contribution in [0.4, 0.5) is 4.39 Å². The third-order valence-electron chi connectivity index (χ3n) is 8.16. The molecule has 1 aliphatic heterocycles. The molecule has 1 aromatic heterocycles. The summed E-state index contributed by atoms with van der Waals surface area (Å²) >= 11 is 3.55. The minimum Gasteiger partial charge on any atom is -0.497 e. The van der Waals surface area contributed by atoms with Crippen LogP contribution in [0.1, 0.15) is 40.3 Å². The van der Waals surface area contributed by atoms with Gasteiger partial charge in [-0.3, -0.25) is 9.36 Å². The number of thiazole rings is 1. The number of hydrogen-bond acceptors (Lipinski definition) is 6. The van der Waals surface area contributed by atoms with Crippen molar-refractivity contribution in [2.75, 3.05) is 14.2 Å². The topological polar surface area (TPSA) is 62.0 Å². The van der Waals surface area contributed by atoms with Gasteiger partial charge in [0.1, 0.15) is 18.2 Å². The normalized spacial score (nSPS) is 15.6. The highest BCUT2D eigenvalue weighted by Crippen LogP contribution is 2.42. The van der Waals surface area contributed by atoms with E-state index in [1.165, 1.54) is 23.0 Å². The van der Waals surface area contributed by atoms with E-state index in [2.05, 4.69) is 40.8 Å². The summed E-state index contributed by atoms with van der Waals surface area (Å²) in [6, 6.07) is 26.3. The van der Waals surface area contributed by atoms with Crippen LogP contribution in [0.25, 0.3) is 11.8 Å². The maximum absolute atomic E-state index is 14.2. The van der Waals surface area contributed by atoms with E-state index in [9.17, 15) is 9.18 Å². The second kappa shape index (κ2) is 12.3. The SMILES string of the molecule is COc1cccc(C2C3=C(N=c4s/c(=C\c5cc(I)c(OCc6ccccc6F)c(OC)c5)c(=O)n42)c2ccccc2CC3)c1. The number of allylic oxidation sites excluding steroid dienone is 1. The van der Waals surface area contributed by atoms with Crippen LogP contribution in [0, 0.1) is 9.39 Å². The fourth-order valence-electron chi connectivity index (χ4n) is 6.01. The van der Waals surface area contributed by atoms with Gasteiger partial charge in [-0.05, 0) is 94.1 Å². The zero-order valence-electron chi connectivity index (χ0n) is 24.6. The van der Waals surface area contributed by atoms with Crippen LogP contribution in [0.15, 0.2) is 100 Å². The number of nitrogens with zero attached hydrogens (tertiary/aromatic N) is 2. The molecule has 45 heavy (non-hydrogen) atoms. The van der Waals surface area contributed by atoms with Crippen molar-refractivity contribution in [3.05, 3.63) is 147 Å². The molecule has 226 valence electrons. The third kappa shape index (κ3) is 5.48. The molecule has 4 aromatic carbocycles. The summed E-state index contributed by atoms with van der Waals surface area (Å²) in [4.78, 5) is 20.0. The molecule has 1 aliphatic carbocycles. The van der Waals surface area contributed by atoms with E-state index >= 15 is 0 Å². The molecule has 0 fully saturated rings. The maximum atomic E-state index is 14.2. The third-order valence-corrected chi connectivity index (χ3v) is 9.95. The Morgan fingerprint density at radius 2 is 1.82 bits per heavy atom. The van der Waals surface area contributed by atoms with Gasteiger partial charge in [-0.25, -0.2) is 9.38 Å². The highest BCUT2D eigenvalue weighted by atomic mass is 127. The monoisotopic (exact) mass is 730 g/mol. The summed E-state index contributed by atoms with van der Waals surface area (Å²) in [5.41, 5.74) is 6.58. The lowest BCUT2D eigenvalue weighted by Gasteiger charge is -2.31. The highest BCUT2D eigenvalue weighted by Gasteiger charge is 2.32. The quantitative estimate of drug-likeness (QED) is 0.176. The van der Waals surface area contributed by atoms with Crippen molar-refractivity contribution in [1.29, 1.82) is 0 Å². The molecule has 0 bridgehead atoms. The van der Waals surface area contributed by atoms with Gasteiger partial charge in [0.15, 0.2) is 16.3 Å². The summed E-state index contributed by atoms with van der Waals surface area (Å²) in [5, 5.41) is 0. The van der Waals surface area contributed by atoms with Crippen LogP contribution in [-0.4, -0.2) is 18.8 Å². The summed E-state index contributed by atoms with van der Waals surface area (Å²) < 4.78 is 34.6. The molecule has 0 amide bonds. The summed E-state index contributed by atoms with van der Waals surface area (Å²) in [6.45, 7) is 0.0645. The second-order valence-electron chi connectivity index (χ2n) is 10.8. The van der Waals surface area contributed by atoms with E-state index in [4.69, 9.17) is 19.2 Å². The first-order valence-corrected chi connectivity index (χ1v) is 16.4. The molecule has 7 rings (SSSR count). The Kier molecular flexibility index (Phi) is 8.05. The zero-order chi connectivity index (χ0) is 31.1. The van der Waals surface area contributed by atoms with Gasteiger partial charge >= 0.3 is 0 Å². The lowest BCUT2D eigenvalue weighted by Crippen LogP contribution is -2.38. The Bertz CT molecular complexity index is 2170. The summed E-state index contributed by atoms with van der Waals surface area (Å²) in [5.74, 6) is 1.43. The molecule has 9 heteroatoms. The number of ether oxygens (including phenoxy) is 3. The number of hydrogen-bond donors (Lipinski definition) is 0. The number of fused-ring (bicyclic) bond motifs is 3. The molecule has 5 aromatic rings. The molecule has 1 unspecified atom stereocenters. The minimum absolute atomic E-state index is 0.0645. The first kappa shape index (κ1) is 29.5. The lowest BCUT2D eigenvalue weighted by molar-refractivity contribution is 0.277. The van der Waals surface area contributed by atoms with E-state index in [0.717, 1.165) is 50.1 Å². The number of aryl methyl sites for hydroxylation is 1. The molecule has 2 heterocycles. The molecule has 0 saturated carbocycles. The minimum atomic E-state index is -0.323. The Hall–Kier alpha value is -4.22. The molecule has 0 N–H and O–H groups in total. The van der Waals surface area contributed by atoms with E-state index < -0.39 is 0 Å². The van der Waals surface area contributed by atoms with E-state index in [1.807, 2.05) is 53.1 Å². The van der Waals surface area contributed by atoms with E-state index in [1.54, 1.807) is 32.4 Å². The van der Waals surface area contributed by atoms with Gasteiger partial charge < -0.3 is 14.2 Å². The Balaban J connectivity index is 1.34. The van der Waals surface area contributed by atoms with Crippen LogP contribution in [0.5, 0.6) is 17.2 Å². The van der Waals surface area contributed by atoms with Crippen molar-refractivity contribution in [3.8, 4) is 17.2 Å². The summed E-state index contributed by atoms with van der Waals surface area (Å²) in [7, 11) is 3.22. The average Bonchev–Trinajstić information content (AvgIpc) is 3.37. The van der Waals surface area contributed by atoms with Crippen molar-refractivity contribution < 1.29 is 18.6 Å². The predicted octanol–water partition coefficient (Wildman–Crippen LogP) is 6.66. The van der Waals surface area contributed by atoms with Crippen LogP contribution in [0.3, 0.4) is 0 Å².